The molecule has 10 rings (SSSR count). The van der Waals surface area contributed by atoms with Crippen molar-refractivity contribution in [1.29, 1.82) is 0 Å². The Bertz CT molecular complexity index is 3070. The molecule has 0 aliphatic heterocycles. The van der Waals surface area contributed by atoms with Crippen LogP contribution in [0.15, 0.2) is 122 Å². The molecule has 0 N–H and O–H groups in total. The summed E-state index contributed by atoms with van der Waals surface area (Å²) in [4.78, 5) is 9.51. The molecule has 0 amide bonds. The number of fused-ring (bicyclic) bond motifs is 12. The van der Waals surface area contributed by atoms with Crippen molar-refractivity contribution in [2.75, 3.05) is 6.61 Å². The summed E-state index contributed by atoms with van der Waals surface area (Å²) < 4.78 is 9.83. The predicted octanol–water partition coefficient (Wildman–Crippen LogP) is 11.5. The molecule has 0 spiro atoms. The van der Waals surface area contributed by atoms with Gasteiger partial charge in [0.25, 0.3) is 0 Å². The molecule has 0 radical (unpaired) electrons. The molecule has 0 saturated carbocycles. The van der Waals surface area contributed by atoms with Crippen LogP contribution in [0.3, 0.4) is 0 Å². The van der Waals surface area contributed by atoms with Crippen molar-refractivity contribution in [2.24, 2.45) is 5.92 Å². The van der Waals surface area contributed by atoms with Crippen molar-refractivity contribution in [3.63, 3.8) is 0 Å². The molecule has 4 aromatic carbocycles. The van der Waals surface area contributed by atoms with Crippen molar-refractivity contribution in [3.8, 4) is 22.3 Å². The minimum Gasteiger partial charge on any atom is -0.375 e. The second-order valence-corrected chi connectivity index (χ2v) is 14.6. The Balaban J connectivity index is 0.000000160. The van der Waals surface area contributed by atoms with E-state index >= 15 is 0 Å². The number of hydrogen-bond donors (Lipinski definition) is 0. The standard InChI is InChI=1S/C27H26N3O.C22H16N3.Pt/c1-4-18(2)16-31-17-20-12-13-21(19(3)29-20)23-10-7-11-26-27(23)24-9-6-5-8-22(24)25-14-15-28-30(25)26;1-14-10-11-16(15(2)24-14)18-8-5-9-21-22(18)19-7-4-3-6-17(19)20-12-13-23-25(20)21;/h5-10,12-15,18H,4,16-17H2,1-3H3;3-8,10-13H,1-2H3;/q2*-1;+2. The third-order valence-electron chi connectivity index (χ3n) is 10.9. The minimum absolute atomic E-state index is 0. The van der Waals surface area contributed by atoms with Crippen LogP contribution in [0.4, 0.5) is 0 Å². The van der Waals surface area contributed by atoms with Crippen molar-refractivity contribution in [3.05, 3.63) is 156 Å². The molecule has 0 bridgehead atoms. The van der Waals surface area contributed by atoms with Gasteiger partial charge in [0.15, 0.2) is 0 Å². The van der Waals surface area contributed by atoms with Gasteiger partial charge in [-0.05, 0) is 83.9 Å². The maximum atomic E-state index is 5.86. The van der Waals surface area contributed by atoms with Gasteiger partial charge in [0, 0.05) is 36.1 Å². The molecule has 57 heavy (non-hydrogen) atoms. The van der Waals surface area contributed by atoms with Crippen molar-refractivity contribution in [2.45, 2.75) is 47.6 Å². The molecule has 8 heteroatoms. The maximum absolute atomic E-state index is 5.86. The van der Waals surface area contributed by atoms with E-state index in [0.29, 0.717) is 12.5 Å². The molecule has 284 valence electrons. The third kappa shape index (κ3) is 6.90. The summed E-state index contributed by atoms with van der Waals surface area (Å²) in [6, 6.07) is 44.6. The van der Waals surface area contributed by atoms with E-state index < -0.39 is 0 Å². The third-order valence-corrected chi connectivity index (χ3v) is 10.9. The van der Waals surface area contributed by atoms with Gasteiger partial charge in [-0.1, -0.05) is 102 Å². The molecule has 10 aromatic rings. The molecule has 6 aromatic heterocycles. The Kier molecular flexibility index (Phi) is 10.7. The van der Waals surface area contributed by atoms with Gasteiger partial charge in [0.2, 0.25) is 0 Å². The second kappa shape index (κ2) is 16.0. The van der Waals surface area contributed by atoms with Gasteiger partial charge in [-0.25, -0.2) is 0 Å². The average Bonchev–Trinajstić information content (AvgIpc) is 3.93. The quantitative estimate of drug-likeness (QED) is 0.118. The number of aryl methyl sites for hydroxylation is 3. The number of benzene rings is 4. The molecular formula is C49H42N6OPt. The van der Waals surface area contributed by atoms with E-state index in [2.05, 4.69) is 152 Å². The van der Waals surface area contributed by atoms with E-state index in [0.717, 1.165) is 79.9 Å². The average molecular weight is 926 g/mol. The number of hydrogen-bond acceptors (Lipinski definition) is 5. The zero-order valence-electron chi connectivity index (χ0n) is 32.7. The normalized spacial score (nSPS) is 12.0. The topological polar surface area (TPSA) is 69.6 Å². The minimum atomic E-state index is 0. The molecule has 0 aliphatic carbocycles. The van der Waals surface area contributed by atoms with E-state index in [1.165, 1.54) is 32.5 Å². The Labute approximate surface area is 346 Å². The molecule has 0 saturated heterocycles. The number of rotatable bonds is 7. The van der Waals surface area contributed by atoms with Crippen molar-refractivity contribution in [1.82, 2.24) is 29.2 Å². The van der Waals surface area contributed by atoms with Gasteiger partial charge in [0.1, 0.15) is 0 Å². The second-order valence-electron chi connectivity index (χ2n) is 14.6. The van der Waals surface area contributed by atoms with Crippen LogP contribution >= 0.6 is 0 Å². The first-order chi connectivity index (χ1) is 27.4. The summed E-state index contributed by atoms with van der Waals surface area (Å²) in [7, 11) is 0. The Morgan fingerprint density at radius 1 is 0.596 bits per heavy atom. The fourth-order valence-electron chi connectivity index (χ4n) is 7.95. The molecule has 7 nitrogen and oxygen atoms in total. The van der Waals surface area contributed by atoms with Crippen LogP contribution in [0.25, 0.3) is 76.6 Å². The Hall–Kier alpha value is -5.75. The van der Waals surface area contributed by atoms with Crippen LogP contribution in [-0.2, 0) is 32.4 Å². The Morgan fingerprint density at radius 3 is 1.61 bits per heavy atom. The molecule has 1 atom stereocenters. The summed E-state index contributed by atoms with van der Waals surface area (Å²) in [5.74, 6) is 0.569. The Morgan fingerprint density at radius 2 is 1.11 bits per heavy atom. The van der Waals surface area contributed by atoms with Crippen LogP contribution < -0.4 is 0 Å². The van der Waals surface area contributed by atoms with Gasteiger partial charge in [-0.15, -0.1) is 11.1 Å². The van der Waals surface area contributed by atoms with Crippen LogP contribution in [0.1, 0.15) is 43.0 Å². The van der Waals surface area contributed by atoms with E-state index in [4.69, 9.17) is 9.72 Å². The van der Waals surface area contributed by atoms with Crippen molar-refractivity contribution < 1.29 is 25.8 Å². The molecule has 1 unspecified atom stereocenters. The maximum Gasteiger partial charge on any atom is 2.00 e. The number of pyridine rings is 4. The first-order valence-electron chi connectivity index (χ1n) is 19.3. The SMILES string of the molecule is CCC(C)COCc1ccc(-c2cc[c-]c3c2c2ccccc2c2ccnn32)c(C)n1.Cc1ccc(-c2cc[c-]c3c2c2ccccc2c2ccnn32)c(C)n1.[Pt+2]. The fourth-order valence-corrected chi connectivity index (χ4v) is 7.95. The zero-order chi connectivity index (χ0) is 38.3. The smallest absolute Gasteiger partial charge is 0.375 e. The van der Waals surface area contributed by atoms with E-state index in [1.54, 1.807) is 0 Å². The molecule has 6 heterocycles. The van der Waals surface area contributed by atoms with Crippen LogP contribution in [0.5, 0.6) is 0 Å². The zero-order valence-corrected chi connectivity index (χ0v) is 34.9. The van der Waals surface area contributed by atoms with Crippen molar-refractivity contribution >= 4 is 54.4 Å². The van der Waals surface area contributed by atoms with Gasteiger partial charge >= 0.3 is 21.1 Å². The van der Waals surface area contributed by atoms with E-state index in [1.807, 2.05) is 40.5 Å². The van der Waals surface area contributed by atoms with Crippen LogP contribution in [0, 0.1) is 38.8 Å². The summed E-state index contributed by atoms with van der Waals surface area (Å²) >= 11 is 0. The summed E-state index contributed by atoms with van der Waals surface area (Å²) in [6.45, 7) is 11.9. The number of aromatic nitrogens is 6. The van der Waals surface area contributed by atoms with E-state index in [-0.39, 0.29) is 21.1 Å². The first kappa shape index (κ1) is 38.1. The van der Waals surface area contributed by atoms with Gasteiger partial charge in [0.05, 0.1) is 23.3 Å². The molecular weight excluding hydrogens is 884 g/mol. The van der Waals surface area contributed by atoms with Gasteiger partial charge < -0.3 is 4.74 Å². The van der Waals surface area contributed by atoms with Gasteiger partial charge in [-0.2, -0.15) is 46.6 Å². The summed E-state index contributed by atoms with van der Waals surface area (Å²) in [5, 5.41) is 16.3. The summed E-state index contributed by atoms with van der Waals surface area (Å²) in [6.07, 6.45) is 4.82. The largest absolute Gasteiger partial charge is 2.00 e. The molecule has 0 aliphatic rings. The van der Waals surface area contributed by atoms with Crippen LogP contribution in [-0.4, -0.2) is 35.8 Å². The monoisotopic (exact) mass is 925 g/mol. The molecule has 0 fully saturated rings. The van der Waals surface area contributed by atoms with Gasteiger partial charge in [-0.3, -0.25) is 19.0 Å². The first-order valence-corrected chi connectivity index (χ1v) is 19.3. The fraction of sp³-hybridized carbons (Fsp3) is 0.184. The number of nitrogens with zero attached hydrogens (tertiary/aromatic N) is 6. The summed E-state index contributed by atoms with van der Waals surface area (Å²) in [5.41, 5.74) is 12.8. The van der Waals surface area contributed by atoms with Crippen LogP contribution in [0.2, 0.25) is 0 Å². The number of ether oxygens (including phenoxy) is 1. The predicted molar refractivity (Wildman–Crippen MR) is 228 cm³/mol. The van der Waals surface area contributed by atoms with E-state index in [9.17, 15) is 0 Å².